The van der Waals surface area contributed by atoms with E-state index in [4.69, 9.17) is 9.97 Å². The third kappa shape index (κ3) is 5.71. The summed E-state index contributed by atoms with van der Waals surface area (Å²) in [6, 6.07) is 75.2. The Morgan fingerprint density at radius 1 is 0.523 bits per heavy atom. The zero-order chi connectivity index (χ0) is 42.4. The van der Waals surface area contributed by atoms with Crippen LogP contribution in [0.4, 0.5) is 21.6 Å². The Bertz CT molecular complexity index is 3740. The number of rotatable bonds is 6. The van der Waals surface area contributed by atoms with E-state index in [1.807, 2.05) is 54.9 Å². The standard InChI is InChI=1S/C57H36FN5Si.Pd/c58-53(39-29-30-44-45-24-10-12-26-49(45)61-35-34-60-56(61)48(44)37-39)38-16-14-19-41(36-38)63-51-32-31-47-46-25-11-13-27-50(46)62(40-17-4-1-5-18-40)54(47)55(51)64(42-20-6-2-7-21-42,43-22-8-3-9-23-43)52-28-15-33-59-57(52)63;/h1-35,53H;/q-2;+2. The van der Waals surface area contributed by atoms with E-state index in [-0.39, 0.29) is 20.4 Å². The summed E-state index contributed by atoms with van der Waals surface area (Å²) >= 11 is 0. The first-order valence-corrected chi connectivity index (χ1v) is 23.5. The summed E-state index contributed by atoms with van der Waals surface area (Å²) in [7, 11) is -3.22. The van der Waals surface area contributed by atoms with Gasteiger partial charge in [0.2, 0.25) is 0 Å². The second-order valence-electron chi connectivity index (χ2n) is 16.4. The van der Waals surface area contributed by atoms with Crippen molar-refractivity contribution >= 4 is 95.1 Å². The molecule has 1 aliphatic rings. The molecule has 0 aliphatic carbocycles. The summed E-state index contributed by atoms with van der Waals surface area (Å²) < 4.78 is 21.9. The van der Waals surface area contributed by atoms with Crippen LogP contribution in [-0.2, 0) is 20.4 Å². The first kappa shape index (κ1) is 39.1. The maximum atomic E-state index is 17.4. The number of anilines is 3. The largest absolute Gasteiger partial charge is 2.00 e. The Morgan fingerprint density at radius 2 is 1.17 bits per heavy atom. The maximum Gasteiger partial charge on any atom is 2.00 e. The Morgan fingerprint density at radius 3 is 1.92 bits per heavy atom. The summed E-state index contributed by atoms with van der Waals surface area (Å²) in [5.74, 6) is 0.811. The zero-order valence-electron chi connectivity index (χ0n) is 34.7. The normalized spacial score (nSPS) is 13.5. The Labute approximate surface area is 389 Å². The number of hydrogen-bond donors (Lipinski definition) is 0. The minimum Gasteiger partial charge on any atom is -0.340 e. The molecule has 0 saturated carbocycles. The molecule has 5 nitrogen and oxygen atoms in total. The number of hydrogen-bond acceptors (Lipinski definition) is 3. The van der Waals surface area contributed by atoms with Crippen molar-refractivity contribution in [3.05, 3.63) is 236 Å². The summed E-state index contributed by atoms with van der Waals surface area (Å²) in [6.45, 7) is 0. The molecule has 0 bridgehead atoms. The topological polar surface area (TPSA) is 38.4 Å². The van der Waals surface area contributed by atoms with E-state index in [1.54, 1.807) is 6.20 Å². The van der Waals surface area contributed by atoms with Crippen LogP contribution < -0.4 is 25.6 Å². The van der Waals surface area contributed by atoms with Crippen LogP contribution in [0.1, 0.15) is 17.3 Å². The number of imidazole rings is 1. The van der Waals surface area contributed by atoms with Crippen molar-refractivity contribution < 1.29 is 24.8 Å². The molecule has 12 aromatic rings. The van der Waals surface area contributed by atoms with Crippen LogP contribution >= 0.6 is 0 Å². The molecule has 8 aromatic carbocycles. The van der Waals surface area contributed by atoms with Crippen molar-refractivity contribution in [1.29, 1.82) is 0 Å². The number of alkyl halides is 1. The summed E-state index contributed by atoms with van der Waals surface area (Å²) in [4.78, 5) is 12.2. The third-order valence-electron chi connectivity index (χ3n) is 13.1. The van der Waals surface area contributed by atoms with Crippen molar-refractivity contribution in [3.8, 4) is 5.69 Å². The van der Waals surface area contributed by atoms with Crippen molar-refractivity contribution in [2.45, 2.75) is 6.17 Å². The fraction of sp³-hybridized carbons (Fsp3) is 0.0175. The van der Waals surface area contributed by atoms with E-state index < -0.39 is 14.2 Å². The monoisotopic (exact) mass is 943 g/mol. The first-order chi connectivity index (χ1) is 31.7. The van der Waals surface area contributed by atoms with Gasteiger partial charge in [-0.25, -0.2) is 9.37 Å². The molecule has 1 unspecified atom stereocenters. The summed E-state index contributed by atoms with van der Waals surface area (Å²) in [5, 5.41) is 10.1. The minimum atomic E-state index is -3.22. The molecular formula is C57H36FN5PdSi. The zero-order valence-corrected chi connectivity index (χ0v) is 37.3. The minimum absolute atomic E-state index is 0. The van der Waals surface area contributed by atoms with Gasteiger partial charge in [0, 0.05) is 51.4 Å². The molecule has 0 N–H and O–H groups in total. The quantitative estimate of drug-likeness (QED) is 0.0947. The Hall–Kier alpha value is -7.47. The van der Waals surface area contributed by atoms with Gasteiger partial charge in [0.15, 0.2) is 8.07 Å². The third-order valence-corrected chi connectivity index (χ3v) is 18.0. The predicted molar refractivity (Wildman–Crippen MR) is 261 cm³/mol. The van der Waals surface area contributed by atoms with Crippen molar-refractivity contribution in [3.63, 3.8) is 0 Å². The number of nitrogens with zero attached hydrogens (tertiary/aromatic N) is 5. The first-order valence-electron chi connectivity index (χ1n) is 21.5. The van der Waals surface area contributed by atoms with Gasteiger partial charge in [0.25, 0.3) is 0 Å². The predicted octanol–water partition coefficient (Wildman–Crippen LogP) is 11.0. The number of pyridine rings is 2. The fourth-order valence-corrected chi connectivity index (χ4v) is 15.7. The molecule has 1 atom stereocenters. The van der Waals surface area contributed by atoms with Gasteiger partial charge in [-0.2, -0.15) is 18.2 Å². The fourth-order valence-electron chi connectivity index (χ4n) is 10.5. The molecule has 0 spiro atoms. The summed E-state index contributed by atoms with van der Waals surface area (Å²) in [6.07, 6.45) is 4.10. The van der Waals surface area contributed by atoms with Gasteiger partial charge in [-0.1, -0.05) is 149 Å². The van der Waals surface area contributed by atoms with Gasteiger partial charge in [0.05, 0.1) is 16.7 Å². The molecule has 65 heavy (non-hydrogen) atoms. The van der Waals surface area contributed by atoms with Crippen LogP contribution in [0.25, 0.3) is 54.8 Å². The van der Waals surface area contributed by atoms with E-state index in [2.05, 4.69) is 178 Å². The molecule has 0 radical (unpaired) electrons. The number of benzene rings is 8. The van der Waals surface area contributed by atoms with Crippen LogP contribution in [0.15, 0.2) is 213 Å². The molecule has 8 heteroatoms. The van der Waals surface area contributed by atoms with Gasteiger partial charge < -0.3 is 13.9 Å². The van der Waals surface area contributed by atoms with Crippen LogP contribution in [-0.4, -0.2) is 27.0 Å². The van der Waals surface area contributed by atoms with E-state index in [9.17, 15) is 0 Å². The van der Waals surface area contributed by atoms with Crippen LogP contribution in [0.2, 0.25) is 0 Å². The molecular weight excluding hydrogens is 908 g/mol. The van der Waals surface area contributed by atoms with Crippen LogP contribution in [0.5, 0.6) is 0 Å². The number of halogens is 1. The van der Waals surface area contributed by atoms with E-state index in [0.29, 0.717) is 16.8 Å². The average molecular weight is 944 g/mol. The molecule has 310 valence electrons. The van der Waals surface area contributed by atoms with E-state index in [1.165, 1.54) is 26.3 Å². The van der Waals surface area contributed by atoms with Gasteiger partial charge in [0.1, 0.15) is 12.0 Å². The smallest absolute Gasteiger partial charge is 0.340 e. The van der Waals surface area contributed by atoms with Gasteiger partial charge in [-0.05, 0) is 57.3 Å². The van der Waals surface area contributed by atoms with Gasteiger partial charge >= 0.3 is 20.4 Å². The van der Waals surface area contributed by atoms with Crippen molar-refractivity contribution in [1.82, 2.24) is 18.9 Å². The molecule has 0 fully saturated rings. The van der Waals surface area contributed by atoms with E-state index >= 15 is 4.39 Å². The average Bonchev–Trinajstić information content (AvgIpc) is 4.00. The molecule has 4 aromatic heterocycles. The van der Waals surface area contributed by atoms with Gasteiger partial charge in [-0.3, -0.25) is 4.98 Å². The second-order valence-corrected chi connectivity index (χ2v) is 20.1. The Balaban J connectivity index is 0.00000444. The molecule has 5 heterocycles. The SMILES string of the molecule is FC(c1[c-]c(N2c3ccc4c5ccccc5n(-c5ccccc5)c4c3[Si](c3ccccc3)(c3ccccc3)c3cccnc32)ccc1)c1[c-]c2c(cc1)c1ccccc1n1ccnc21.[Pd+2]. The molecule has 13 rings (SSSR count). The summed E-state index contributed by atoms with van der Waals surface area (Å²) in [5.41, 5.74) is 7.68. The molecule has 0 amide bonds. The van der Waals surface area contributed by atoms with Crippen LogP contribution in [0, 0.1) is 12.1 Å². The van der Waals surface area contributed by atoms with E-state index in [0.717, 1.165) is 60.7 Å². The number of para-hydroxylation sites is 3. The molecule has 0 saturated heterocycles. The van der Waals surface area contributed by atoms with Crippen molar-refractivity contribution in [2.75, 3.05) is 4.90 Å². The van der Waals surface area contributed by atoms with Crippen molar-refractivity contribution in [2.24, 2.45) is 0 Å². The second kappa shape index (κ2) is 15.4. The molecule has 1 aliphatic heterocycles. The van der Waals surface area contributed by atoms with Crippen LogP contribution in [0.3, 0.4) is 0 Å². The van der Waals surface area contributed by atoms with Gasteiger partial charge in [-0.15, -0.1) is 29.8 Å². The maximum absolute atomic E-state index is 17.4. The Kier molecular flexibility index (Phi) is 9.25. The number of fused-ring (bicyclic) bond motifs is 12. The number of aromatic nitrogens is 4.